The molecule has 0 fully saturated rings. The molecule has 6 heteroatoms. The molecule has 2 atom stereocenters. The topological polar surface area (TPSA) is 55.4 Å². The fourth-order valence-electron chi connectivity index (χ4n) is 0.864. The van der Waals surface area contributed by atoms with Crippen LogP contribution in [0.5, 0.6) is 0 Å². The van der Waals surface area contributed by atoms with E-state index in [1.165, 1.54) is 0 Å². The molecule has 11 heavy (non-hydrogen) atoms. The van der Waals surface area contributed by atoms with Crippen LogP contribution in [0.4, 0.5) is 0 Å². The van der Waals surface area contributed by atoms with Gasteiger partial charge in [0.05, 0.1) is 0 Å². The van der Waals surface area contributed by atoms with Crippen LogP contribution < -0.4 is 5.32 Å². The van der Waals surface area contributed by atoms with Gasteiger partial charge in [0.1, 0.15) is 6.17 Å². The van der Waals surface area contributed by atoms with E-state index in [1.807, 2.05) is 6.08 Å². The molecule has 1 rings (SSSR count). The van der Waals surface area contributed by atoms with Gasteiger partial charge in [0.25, 0.3) is 0 Å². The van der Waals surface area contributed by atoms with Gasteiger partial charge >= 0.3 is 0 Å². The van der Waals surface area contributed by atoms with Crippen molar-refractivity contribution in [2.24, 2.45) is 0 Å². The van der Waals surface area contributed by atoms with Crippen molar-refractivity contribution in [3.05, 3.63) is 12.3 Å². The Labute approximate surface area is 76.4 Å². The molecular formula is C5H8BrN2O2S-. The molecule has 1 aliphatic rings. The maximum Gasteiger partial charge on any atom is 0.101 e. The summed E-state index contributed by atoms with van der Waals surface area (Å²) in [6, 6.07) is 0. The average Bonchev–Trinajstić information content (AvgIpc) is 2.05. The van der Waals surface area contributed by atoms with Crippen molar-refractivity contribution in [2.75, 3.05) is 0 Å². The number of nitrogens with zero attached hydrogens (tertiary/aromatic N) is 1. The van der Waals surface area contributed by atoms with Gasteiger partial charge in [-0.2, -0.15) is 0 Å². The summed E-state index contributed by atoms with van der Waals surface area (Å²) in [5, 5.41) is 2.91. The van der Waals surface area contributed by atoms with Crippen molar-refractivity contribution in [3.63, 3.8) is 0 Å². The third-order valence-corrected chi connectivity index (χ3v) is 3.14. The molecule has 0 aromatic heterocycles. The van der Waals surface area contributed by atoms with Crippen LogP contribution in [0.1, 0.15) is 12.8 Å². The van der Waals surface area contributed by atoms with Crippen LogP contribution in [0.25, 0.3) is 0 Å². The lowest BCUT2D eigenvalue weighted by Gasteiger charge is -2.28. The summed E-state index contributed by atoms with van der Waals surface area (Å²) in [7, 11) is 0. The fraction of sp³-hybridized carbons (Fsp3) is 0.600. The maximum atomic E-state index is 10.4. The van der Waals surface area contributed by atoms with E-state index < -0.39 is 11.3 Å². The highest BCUT2D eigenvalue weighted by Gasteiger charge is 2.16. The summed E-state index contributed by atoms with van der Waals surface area (Å²) in [4.78, 5) is 0. The van der Waals surface area contributed by atoms with Gasteiger partial charge < -0.3 is 9.87 Å². The van der Waals surface area contributed by atoms with Gasteiger partial charge in [-0.05, 0) is 19.0 Å². The standard InChI is InChI=1S/C5H9BrN2O2S/c6-8(11(9)10)5-3-1-2-4-7-5/h2,4-5,7H,1,3H2,(H,9,10)/p-1. The molecule has 64 valence electrons. The Bertz CT molecular complexity index is 187. The first-order valence-electron chi connectivity index (χ1n) is 3.17. The molecule has 0 spiro atoms. The molecule has 0 bridgehead atoms. The van der Waals surface area contributed by atoms with E-state index >= 15 is 0 Å². The Kier molecular flexibility index (Phi) is 3.50. The normalized spacial score (nSPS) is 26.6. The predicted molar refractivity (Wildman–Crippen MR) is 45.0 cm³/mol. The van der Waals surface area contributed by atoms with Crippen LogP contribution in [0.2, 0.25) is 0 Å². The molecule has 0 aromatic rings. The van der Waals surface area contributed by atoms with Gasteiger partial charge in [-0.15, -0.1) is 3.33 Å². The fourth-order valence-corrected chi connectivity index (χ4v) is 1.56. The van der Waals surface area contributed by atoms with Crippen molar-refractivity contribution < 1.29 is 8.76 Å². The lowest BCUT2D eigenvalue weighted by atomic mass is 10.2. The number of halogens is 1. The Morgan fingerprint density at radius 2 is 2.55 bits per heavy atom. The Morgan fingerprint density at radius 1 is 1.82 bits per heavy atom. The van der Waals surface area contributed by atoms with E-state index in [0.717, 1.165) is 16.2 Å². The number of nitrogens with one attached hydrogen (secondary N) is 1. The van der Waals surface area contributed by atoms with Gasteiger partial charge in [0, 0.05) is 27.4 Å². The monoisotopic (exact) mass is 239 g/mol. The lowest BCUT2D eigenvalue weighted by molar-refractivity contribution is 0.385. The highest BCUT2D eigenvalue weighted by atomic mass is 79.9. The van der Waals surface area contributed by atoms with Crippen molar-refractivity contribution >= 4 is 27.4 Å². The Hall–Kier alpha value is 0.0900. The molecule has 0 saturated carbocycles. The number of hydrogen-bond donors (Lipinski definition) is 1. The minimum absolute atomic E-state index is 0.154. The van der Waals surface area contributed by atoms with Crippen LogP contribution in [-0.4, -0.2) is 18.3 Å². The van der Waals surface area contributed by atoms with E-state index in [4.69, 9.17) is 0 Å². The third kappa shape index (κ3) is 2.55. The number of hydrogen-bond acceptors (Lipinski definition) is 3. The van der Waals surface area contributed by atoms with Crippen molar-refractivity contribution in [1.82, 2.24) is 8.65 Å². The second kappa shape index (κ2) is 4.20. The molecule has 0 amide bonds. The summed E-state index contributed by atoms with van der Waals surface area (Å²) in [5.74, 6) is 0. The van der Waals surface area contributed by atoms with E-state index in [2.05, 4.69) is 21.5 Å². The lowest BCUT2D eigenvalue weighted by Crippen LogP contribution is -2.39. The first-order chi connectivity index (χ1) is 5.22. The summed E-state index contributed by atoms with van der Waals surface area (Å²) in [6.45, 7) is 0. The molecule has 1 aliphatic heterocycles. The summed E-state index contributed by atoms with van der Waals surface area (Å²) in [5.41, 5.74) is 0. The van der Waals surface area contributed by atoms with Gasteiger partial charge in [0.15, 0.2) is 0 Å². The highest BCUT2D eigenvalue weighted by molar-refractivity contribution is 9.08. The van der Waals surface area contributed by atoms with Gasteiger partial charge in [0.2, 0.25) is 0 Å². The van der Waals surface area contributed by atoms with Crippen molar-refractivity contribution in [2.45, 2.75) is 19.0 Å². The predicted octanol–water partition coefficient (Wildman–Crippen LogP) is 0.616. The maximum absolute atomic E-state index is 10.4. The van der Waals surface area contributed by atoms with Gasteiger partial charge in [-0.3, -0.25) is 4.21 Å². The van der Waals surface area contributed by atoms with Gasteiger partial charge in [-0.25, -0.2) is 0 Å². The first kappa shape index (κ1) is 9.18. The first-order valence-corrected chi connectivity index (χ1v) is 4.91. The van der Waals surface area contributed by atoms with Crippen LogP contribution in [-0.2, 0) is 11.3 Å². The molecule has 2 unspecified atom stereocenters. The van der Waals surface area contributed by atoms with E-state index in [-0.39, 0.29) is 6.17 Å². The zero-order chi connectivity index (χ0) is 8.27. The second-order valence-corrected chi connectivity index (χ2v) is 4.21. The molecule has 0 aromatic carbocycles. The largest absolute Gasteiger partial charge is 0.759 e. The molecule has 0 radical (unpaired) electrons. The SMILES string of the molecule is O=S([O-])N(Br)C1CCC=CN1. The summed E-state index contributed by atoms with van der Waals surface area (Å²) in [6.07, 6.45) is 5.26. The molecule has 0 aliphatic carbocycles. The quantitative estimate of drug-likeness (QED) is 0.568. The number of allylic oxidation sites excluding steroid dienone is 1. The minimum atomic E-state index is -2.20. The molecule has 1 N–H and O–H groups in total. The zero-order valence-corrected chi connectivity index (χ0v) is 8.10. The van der Waals surface area contributed by atoms with Crippen LogP contribution in [0.3, 0.4) is 0 Å². The van der Waals surface area contributed by atoms with Crippen LogP contribution in [0, 0.1) is 0 Å². The van der Waals surface area contributed by atoms with E-state index in [0.29, 0.717) is 0 Å². The Balaban J connectivity index is 2.46. The van der Waals surface area contributed by atoms with Crippen LogP contribution >= 0.6 is 16.1 Å². The second-order valence-electron chi connectivity index (χ2n) is 2.15. The van der Waals surface area contributed by atoms with Crippen LogP contribution in [0.15, 0.2) is 12.3 Å². The smallest absolute Gasteiger partial charge is 0.101 e. The third-order valence-electron chi connectivity index (χ3n) is 1.40. The van der Waals surface area contributed by atoms with Gasteiger partial charge in [-0.1, -0.05) is 6.08 Å². The summed E-state index contributed by atoms with van der Waals surface area (Å²) < 4.78 is 21.9. The van der Waals surface area contributed by atoms with E-state index in [9.17, 15) is 8.76 Å². The average molecular weight is 240 g/mol. The zero-order valence-electron chi connectivity index (χ0n) is 5.70. The molecule has 4 nitrogen and oxygen atoms in total. The molecule has 0 saturated heterocycles. The highest BCUT2D eigenvalue weighted by Crippen LogP contribution is 2.14. The minimum Gasteiger partial charge on any atom is -0.759 e. The van der Waals surface area contributed by atoms with Crippen molar-refractivity contribution in [1.29, 1.82) is 0 Å². The van der Waals surface area contributed by atoms with E-state index in [1.54, 1.807) is 6.20 Å². The van der Waals surface area contributed by atoms with Crippen molar-refractivity contribution in [3.8, 4) is 0 Å². The molecule has 1 heterocycles. The Morgan fingerprint density at radius 3 is 3.00 bits per heavy atom. The number of rotatable bonds is 2. The summed E-state index contributed by atoms with van der Waals surface area (Å²) >= 11 is 0.724. The molecular weight excluding hydrogens is 232 g/mol.